The molecule has 3 N–H and O–H groups in total. The van der Waals surface area contributed by atoms with Gasteiger partial charge in [0.1, 0.15) is 0 Å². The topological polar surface area (TPSA) is 65.6 Å². The maximum atomic E-state index is 8.91. The Kier molecular flexibility index (Phi) is 1.98. The van der Waals surface area contributed by atoms with Crippen LogP contribution in [0.15, 0.2) is 18.2 Å². The predicted octanol–water partition coefficient (Wildman–Crippen LogP) is 2.38. The first kappa shape index (κ1) is 9.44. The molecule has 0 amide bonds. The largest absolute Gasteiger partial charge is 0.357 e. The number of H-pyrrole nitrogens is 1. The molecule has 0 saturated heterocycles. The second-order valence-corrected chi connectivity index (χ2v) is 4.39. The first-order chi connectivity index (χ1) is 7.79. The van der Waals surface area contributed by atoms with Crippen LogP contribution in [0.2, 0.25) is 0 Å². The number of hydrogen-bond acceptors (Lipinski definition) is 2. The van der Waals surface area contributed by atoms with Crippen LogP contribution >= 0.6 is 0 Å². The van der Waals surface area contributed by atoms with Gasteiger partial charge in [0.05, 0.1) is 11.6 Å². The molecule has 0 fully saturated rings. The minimum Gasteiger partial charge on any atom is -0.357 e. The minimum atomic E-state index is 0.127. The van der Waals surface area contributed by atoms with Crippen LogP contribution in [-0.2, 0) is 6.42 Å². The van der Waals surface area contributed by atoms with Gasteiger partial charge in [0.15, 0.2) is 0 Å². The van der Waals surface area contributed by atoms with Gasteiger partial charge in [0.25, 0.3) is 0 Å². The predicted molar refractivity (Wildman–Crippen MR) is 62.9 cm³/mol. The number of nitrogens with one attached hydrogen (secondary N) is 1. The van der Waals surface area contributed by atoms with E-state index >= 15 is 0 Å². The van der Waals surface area contributed by atoms with Gasteiger partial charge in [-0.25, -0.2) is 0 Å². The molecular formula is C13H13N3. The van der Waals surface area contributed by atoms with E-state index in [1.807, 2.05) is 18.2 Å². The van der Waals surface area contributed by atoms with E-state index in [-0.39, 0.29) is 6.04 Å². The summed E-state index contributed by atoms with van der Waals surface area (Å²) in [7, 11) is 0. The van der Waals surface area contributed by atoms with E-state index in [0.717, 1.165) is 30.5 Å². The Morgan fingerprint density at radius 3 is 3.12 bits per heavy atom. The van der Waals surface area contributed by atoms with Gasteiger partial charge >= 0.3 is 0 Å². The summed E-state index contributed by atoms with van der Waals surface area (Å²) in [6, 6.07) is 8.08. The van der Waals surface area contributed by atoms with Crippen molar-refractivity contribution < 1.29 is 0 Å². The number of aryl methyl sites for hydroxylation is 1. The summed E-state index contributed by atoms with van der Waals surface area (Å²) in [5.41, 5.74) is 10.4. The lowest BCUT2D eigenvalue weighted by molar-refractivity contribution is 0.562. The Bertz CT molecular complexity index is 589. The summed E-state index contributed by atoms with van der Waals surface area (Å²) >= 11 is 0. The van der Waals surface area contributed by atoms with Gasteiger partial charge in [-0.1, -0.05) is 0 Å². The maximum Gasteiger partial charge on any atom is 0.0991 e. The van der Waals surface area contributed by atoms with Gasteiger partial charge in [-0.3, -0.25) is 0 Å². The molecule has 1 aliphatic rings. The number of rotatable bonds is 0. The second kappa shape index (κ2) is 3.36. The SMILES string of the molecule is N#Cc1ccc2[nH]c3c(c2c1)CCCC3N. The number of aromatic nitrogens is 1. The molecule has 0 saturated carbocycles. The van der Waals surface area contributed by atoms with E-state index < -0.39 is 0 Å². The fraction of sp³-hybridized carbons (Fsp3) is 0.308. The second-order valence-electron chi connectivity index (χ2n) is 4.39. The van der Waals surface area contributed by atoms with E-state index in [9.17, 15) is 0 Å². The lowest BCUT2D eigenvalue weighted by Crippen LogP contribution is -2.16. The molecule has 1 heterocycles. The Hall–Kier alpha value is -1.79. The highest BCUT2D eigenvalue weighted by atomic mass is 14.8. The summed E-state index contributed by atoms with van der Waals surface area (Å²) in [6.45, 7) is 0. The summed E-state index contributed by atoms with van der Waals surface area (Å²) in [5, 5.41) is 10.1. The van der Waals surface area contributed by atoms with Crippen LogP contribution in [0.25, 0.3) is 10.9 Å². The Morgan fingerprint density at radius 1 is 1.44 bits per heavy atom. The molecule has 3 nitrogen and oxygen atoms in total. The molecule has 2 aromatic rings. The summed E-state index contributed by atoms with van der Waals surface area (Å²) in [6.07, 6.45) is 3.25. The van der Waals surface area contributed by atoms with Crippen molar-refractivity contribution in [3.8, 4) is 6.07 Å². The first-order valence-electron chi connectivity index (χ1n) is 5.60. The lowest BCUT2D eigenvalue weighted by atomic mass is 9.92. The maximum absolute atomic E-state index is 8.91. The van der Waals surface area contributed by atoms with Gasteiger partial charge in [0, 0.05) is 22.6 Å². The fourth-order valence-electron chi connectivity index (χ4n) is 2.57. The smallest absolute Gasteiger partial charge is 0.0991 e. The summed E-state index contributed by atoms with van der Waals surface area (Å²) in [4.78, 5) is 3.38. The Balaban J connectivity index is 2.30. The quantitative estimate of drug-likeness (QED) is 0.702. The average molecular weight is 211 g/mol. The van der Waals surface area contributed by atoms with E-state index in [1.165, 1.54) is 10.9 Å². The van der Waals surface area contributed by atoms with E-state index in [0.29, 0.717) is 5.56 Å². The molecule has 1 atom stereocenters. The van der Waals surface area contributed by atoms with Crippen LogP contribution < -0.4 is 5.73 Å². The molecule has 0 bridgehead atoms. The molecular weight excluding hydrogens is 198 g/mol. The Morgan fingerprint density at radius 2 is 2.31 bits per heavy atom. The van der Waals surface area contributed by atoms with Crippen molar-refractivity contribution in [2.24, 2.45) is 5.73 Å². The molecule has 3 heteroatoms. The minimum absolute atomic E-state index is 0.127. The third kappa shape index (κ3) is 1.24. The molecule has 1 aliphatic carbocycles. The van der Waals surface area contributed by atoms with Crippen molar-refractivity contribution in [2.75, 3.05) is 0 Å². The highest BCUT2D eigenvalue weighted by Crippen LogP contribution is 2.33. The van der Waals surface area contributed by atoms with Crippen molar-refractivity contribution >= 4 is 10.9 Å². The lowest BCUT2D eigenvalue weighted by Gasteiger charge is -2.18. The van der Waals surface area contributed by atoms with E-state index in [1.54, 1.807) is 0 Å². The number of nitrogens with zero attached hydrogens (tertiary/aromatic N) is 1. The highest BCUT2D eigenvalue weighted by Gasteiger charge is 2.21. The molecule has 16 heavy (non-hydrogen) atoms. The van der Waals surface area contributed by atoms with Gasteiger partial charge in [-0.15, -0.1) is 0 Å². The third-order valence-corrected chi connectivity index (χ3v) is 3.38. The van der Waals surface area contributed by atoms with Crippen LogP contribution in [-0.4, -0.2) is 4.98 Å². The third-order valence-electron chi connectivity index (χ3n) is 3.38. The molecule has 3 rings (SSSR count). The van der Waals surface area contributed by atoms with Crippen molar-refractivity contribution in [1.29, 1.82) is 5.26 Å². The van der Waals surface area contributed by atoms with Crippen LogP contribution in [0.3, 0.4) is 0 Å². The van der Waals surface area contributed by atoms with Crippen molar-refractivity contribution in [3.05, 3.63) is 35.0 Å². The van der Waals surface area contributed by atoms with Crippen LogP contribution in [0.4, 0.5) is 0 Å². The zero-order valence-corrected chi connectivity index (χ0v) is 8.96. The standard InChI is InChI=1S/C13H13N3/c14-7-8-4-5-12-10(6-8)9-2-1-3-11(15)13(9)16-12/h4-6,11,16H,1-3,15H2. The van der Waals surface area contributed by atoms with E-state index in [2.05, 4.69) is 11.1 Å². The first-order valence-corrected chi connectivity index (χ1v) is 5.60. The molecule has 0 spiro atoms. The van der Waals surface area contributed by atoms with Crippen molar-refractivity contribution in [1.82, 2.24) is 4.98 Å². The molecule has 80 valence electrons. The molecule has 0 aliphatic heterocycles. The van der Waals surface area contributed by atoms with Crippen molar-refractivity contribution in [2.45, 2.75) is 25.3 Å². The van der Waals surface area contributed by atoms with Gasteiger partial charge in [-0.05, 0) is 43.0 Å². The molecule has 1 aromatic carbocycles. The van der Waals surface area contributed by atoms with Crippen LogP contribution in [0.1, 0.15) is 35.7 Å². The number of benzene rings is 1. The number of hydrogen-bond donors (Lipinski definition) is 2. The van der Waals surface area contributed by atoms with Crippen LogP contribution in [0, 0.1) is 11.3 Å². The van der Waals surface area contributed by atoms with Crippen LogP contribution in [0.5, 0.6) is 0 Å². The van der Waals surface area contributed by atoms with Crippen molar-refractivity contribution in [3.63, 3.8) is 0 Å². The number of fused-ring (bicyclic) bond motifs is 3. The summed E-state index contributed by atoms with van der Waals surface area (Å²) in [5.74, 6) is 0. The summed E-state index contributed by atoms with van der Waals surface area (Å²) < 4.78 is 0. The zero-order valence-electron chi connectivity index (χ0n) is 8.96. The number of nitriles is 1. The van der Waals surface area contributed by atoms with Gasteiger partial charge in [0.2, 0.25) is 0 Å². The fourth-order valence-corrected chi connectivity index (χ4v) is 2.57. The van der Waals surface area contributed by atoms with Gasteiger partial charge in [-0.2, -0.15) is 5.26 Å². The Labute approximate surface area is 93.9 Å². The zero-order chi connectivity index (χ0) is 11.1. The molecule has 1 unspecified atom stereocenters. The normalized spacial score (nSPS) is 19.4. The molecule has 1 aromatic heterocycles. The highest BCUT2D eigenvalue weighted by molar-refractivity contribution is 5.86. The average Bonchev–Trinajstić information content (AvgIpc) is 2.68. The molecule has 0 radical (unpaired) electrons. The monoisotopic (exact) mass is 211 g/mol. The number of aromatic amines is 1. The van der Waals surface area contributed by atoms with E-state index in [4.69, 9.17) is 11.0 Å². The number of nitrogens with two attached hydrogens (primary N) is 1. The van der Waals surface area contributed by atoms with Gasteiger partial charge < -0.3 is 10.7 Å².